The lowest BCUT2D eigenvalue weighted by atomic mass is 9.97. The Hall–Kier alpha value is -3.40. The molecule has 0 aromatic heterocycles. The average Bonchev–Trinajstić information content (AvgIpc) is 2.60. The second-order valence-corrected chi connectivity index (χ2v) is 6.79. The van der Waals surface area contributed by atoms with Crippen molar-refractivity contribution in [2.24, 2.45) is 11.8 Å². The van der Waals surface area contributed by atoms with Crippen LogP contribution < -0.4 is 10.6 Å². The number of rotatable bonds is 10. The third kappa shape index (κ3) is 10.2. The first-order valence-corrected chi connectivity index (χ1v) is 8.71. The van der Waals surface area contributed by atoms with Crippen molar-refractivity contribution < 1.29 is 70.1 Å². The van der Waals surface area contributed by atoms with Crippen LogP contribution in [-0.4, -0.2) is 70.3 Å². The summed E-state index contributed by atoms with van der Waals surface area (Å²) in [6, 6.07) is -4.79. The van der Waals surface area contributed by atoms with E-state index in [-0.39, 0.29) is 0 Å². The van der Waals surface area contributed by atoms with Crippen LogP contribution in [-0.2, 0) is 33.5 Å². The lowest BCUT2D eigenvalue weighted by Crippen LogP contribution is -2.54. The van der Waals surface area contributed by atoms with Crippen molar-refractivity contribution in [3.8, 4) is 0 Å². The van der Waals surface area contributed by atoms with Gasteiger partial charge in [0, 0.05) is 0 Å². The quantitative estimate of drug-likeness (QED) is 0.189. The Kier molecular flexibility index (Phi) is 10.3. The highest BCUT2D eigenvalue weighted by Gasteiger charge is 2.45. The molecule has 0 aliphatic rings. The van der Waals surface area contributed by atoms with Gasteiger partial charge in [-0.25, -0.2) is 9.59 Å². The Morgan fingerprint density at radius 3 is 1.18 bits per heavy atom. The molecule has 0 radical (unpaired) electrons. The Morgan fingerprint density at radius 1 is 0.697 bits per heavy atom. The number of amides is 2. The molecule has 33 heavy (non-hydrogen) atoms. The highest BCUT2D eigenvalue weighted by Crippen LogP contribution is 2.20. The van der Waals surface area contributed by atoms with Gasteiger partial charge >= 0.3 is 48.0 Å². The SMILES string of the molecule is CC(CC(=O)O)C(NC(=O)C(F)(F)F)C(=O)OC(=O)C(NC(=O)C(F)(F)F)C(C)CC(=O)O. The molecule has 0 saturated heterocycles. The van der Waals surface area contributed by atoms with Gasteiger partial charge in [-0.1, -0.05) is 13.8 Å². The van der Waals surface area contributed by atoms with E-state index in [9.17, 15) is 55.1 Å². The molecule has 0 aromatic rings. The van der Waals surface area contributed by atoms with Gasteiger partial charge in [-0.15, -0.1) is 0 Å². The lowest BCUT2D eigenvalue weighted by Gasteiger charge is -2.25. The zero-order valence-electron chi connectivity index (χ0n) is 16.7. The van der Waals surface area contributed by atoms with E-state index in [4.69, 9.17) is 10.2 Å². The number of nitrogens with one attached hydrogen (secondary N) is 2. The monoisotopic (exact) mass is 496 g/mol. The summed E-state index contributed by atoms with van der Waals surface area (Å²) in [6.07, 6.45) is -13.1. The maximum absolute atomic E-state index is 12.5. The van der Waals surface area contributed by atoms with E-state index in [0.29, 0.717) is 0 Å². The third-order valence-corrected chi connectivity index (χ3v) is 3.93. The molecule has 0 saturated carbocycles. The summed E-state index contributed by atoms with van der Waals surface area (Å²) < 4.78 is 79.3. The Balaban J connectivity index is 5.83. The van der Waals surface area contributed by atoms with Crippen molar-refractivity contribution in [2.45, 2.75) is 51.1 Å². The number of carbonyl (C=O) groups excluding carboxylic acids is 4. The summed E-state index contributed by atoms with van der Waals surface area (Å²) in [4.78, 5) is 68.3. The minimum absolute atomic E-state index is 0.886. The molecule has 0 aromatic carbocycles. The van der Waals surface area contributed by atoms with Crippen molar-refractivity contribution in [3.05, 3.63) is 0 Å². The van der Waals surface area contributed by atoms with Crippen molar-refractivity contribution in [3.63, 3.8) is 0 Å². The normalized spacial score (nSPS) is 15.4. The molecular weight excluding hydrogens is 478 g/mol. The van der Waals surface area contributed by atoms with Gasteiger partial charge < -0.3 is 25.6 Å². The van der Waals surface area contributed by atoms with E-state index in [2.05, 4.69) is 4.74 Å². The number of carboxylic acid groups (broad SMARTS) is 2. The number of esters is 2. The fourth-order valence-electron chi connectivity index (χ4n) is 2.33. The smallest absolute Gasteiger partial charge is 0.471 e. The largest absolute Gasteiger partial charge is 0.481 e. The Labute approximate surface area is 180 Å². The summed E-state index contributed by atoms with van der Waals surface area (Å²) in [5, 5.41) is 19.7. The first-order chi connectivity index (χ1) is 14.8. The second-order valence-electron chi connectivity index (χ2n) is 6.79. The highest BCUT2D eigenvalue weighted by molar-refractivity contribution is 5.96. The maximum Gasteiger partial charge on any atom is 0.471 e. The highest BCUT2D eigenvalue weighted by atomic mass is 19.4. The standard InChI is InChI=1S/C16H18F6N2O9/c1-5(3-7(25)26)9(23-13(31)15(17,18)19)11(29)33-12(30)10(6(2)4-8(27)28)24-14(32)16(20,21)22/h5-6,9-10H,3-4H2,1-2H3,(H,23,31)(H,24,32)(H,25,26)(H,27,28). The van der Waals surface area contributed by atoms with Gasteiger partial charge in [-0.05, 0) is 11.8 Å². The van der Waals surface area contributed by atoms with Crippen LogP contribution in [0.5, 0.6) is 0 Å². The number of alkyl halides is 6. The molecule has 17 heteroatoms. The van der Waals surface area contributed by atoms with Crippen LogP contribution in [0.2, 0.25) is 0 Å². The van der Waals surface area contributed by atoms with Gasteiger partial charge in [-0.3, -0.25) is 19.2 Å². The van der Waals surface area contributed by atoms with Gasteiger partial charge in [0.2, 0.25) is 0 Å². The number of carboxylic acids is 2. The maximum atomic E-state index is 12.5. The average molecular weight is 496 g/mol. The molecular formula is C16H18F6N2O9. The molecule has 4 unspecified atom stereocenters. The number of hydrogen-bond acceptors (Lipinski definition) is 7. The number of halogens is 6. The number of hydrogen-bond donors (Lipinski definition) is 4. The number of carbonyl (C=O) groups is 6. The van der Waals surface area contributed by atoms with Crippen molar-refractivity contribution in [1.82, 2.24) is 10.6 Å². The van der Waals surface area contributed by atoms with Crippen LogP contribution in [0, 0.1) is 11.8 Å². The van der Waals surface area contributed by atoms with Gasteiger partial charge in [0.15, 0.2) is 0 Å². The minimum atomic E-state index is -5.54. The minimum Gasteiger partial charge on any atom is -0.481 e. The molecule has 0 spiro atoms. The second kappa shape index (κ2) is 11.5. The number of ether oxygens (including phenoxy) is 1. The molecule has 188 valence electrons. The predicted octanol–water partition coefficient (Wildman–Crippen LogP) is 0.372. The summed E-state index contributed by atoms with van der Waals surface area (Å²) in [5.74, 6) is -15.9. The molecule has 0 heterocycles. The van der Waals surface area contributed by atoms with E-state index in [1.165, 1.54) is 0 Å². The molecule has 0 aliphatic heterocycles. The Morgan fingerprint density at radius 2 is 0.970 bits per heavy atom. The summed E-state index contributed by atoms with van der Waals surface area (Å²) >= 11 is 0. The van der Waals surface area contributed by atoms with Gasteiger partial charge in [0.25, 0.3) is 0 Å². The van der Waals surface area contributed by atoms with E-state index in [0.717, 1.165) is 24.5 Å². The molecule has 0 fully saturated rings. The first kappa shape index (κ1) is 29.6. The molecule has 11 nitrogen and oxygen atoms in total. The van der Waals surface area contributed by atoms with Crippen molar-refractivity contribution in [1.29, 1.82) is 0 Å². The summed E-state index contributed by atoms with van der Waals surface area (Å²) in [6.45, 7) is 1.77. The predicted molar refractivity (Wildman–Crippen MR) is 89.9 cm³/mol. The zero-order valence-corrected chi connectivity index (χ0v) is 16.7. The van der Waals surface area contributed by atoms with E-state index in [1.54, 1.807) is 0 Å². The molecule has 4 N–H and O–H groups in total. The van der Waals surface area contributed by atoms with Crippen LogP contribution in [0.4, 0.5) is 26.3 Å². The molecule has 2 amide bonds. The Bertz CT molecular complexity index is 732. The van der Waals surface area contributed by atoms with Gasteiger partial charge in [0.1, 0.15) is 12.1 Å². The van der Waals surface area contributed by atoms with E-state index in [1.807, 2.05) is 0 Å². The fourth-order valence-corrected chi connectivity index (χ4v) is 2.33. The van der Waals surface area contributed by atoms with Crippen LogP contribution in [0.15, 0.2) is 0 Å². The fraction of sp³-hybridized carbons (Fsp3) is 0.625. The van der Waals surface area contributed by atoms with Crippen LogP contribution in [0.3, 0.4) is 0 Å². The molecule has 0 bridgehead atoms. The summed E-state index contributed by atoms with van der Waals surface area (Å²) in [7, 11) is 0. The zero-order chi connectivity index (χ0) is 26.3. The molecule has 4 atom stereocenters. The van der Waals surface area contributed by atoms with Gasteiger partial charge in [-0.2, -0.15) is 26.3 Å². The summed E-state index contributed by atoms with van der Waals surface area (Å²) in [5.41, 5.74) is 0. The lowest BCUT2D eigenvalue weighted by molar-refractivity contribution is -0.179. The molecule has 0 aliphatic carbocycles. The van der Waals surface area contributed by atoms with Crippen molar-refractivity contribution in [2.75, 3.05) is 0 Å². The van der Waals surface area contributed by atoms with E-state index >= 15 is 0 Å². The number of aliphatic carboxylic acids is 2. The molecule has 0 rings (SSSR count). The van der Waals surface area contributed by atoms with Crippen LogP contribution in [0.1, 0.15) is 26.7 Å². The topological polar surface area (TPSA) is 176 Å². The first-order valence-electron chi connectivity index (χ1n) is 8.71. The van der Waals surface area contributed by atoms with Crippen molar-refractivity contribution >= 4 is 35.7 Å². The van der Waals surface area contributed by atoms with Crippen LogP contribution >= 0.6 is 0 Å². The van der Waals surface area contributed by atoms with Gasteiger partial charge in [0.05, 0.1) is 12.8 Å². The van der Waals surface area contributed by atoms with E-state index < -0.39 is 84.8 Å². The third-order valence-electron chi connectivity index (χ3n) is 3.93. The van der Waals surface area contributed by atoms with Crippen LogP contribution in [0.25, 0.3) is 0 Å².